The molecule has 1 fully saturated rings. The molecule has 112 valence electrons. The lowest BCUT2D eigenvalue weighted by Crippen LogP contribution is -2.44. The van der Waals surface area contributed by atoms with Crippen LogP contribution in [-0.2, 0) is 11.2 Å². The first-order valence-corrected chi connectivity index (χ1v) is 7.88. The van der Waals surface area contributed by atoms with Crippen LogP contribution in [0, 0.1) is 5.92 Å². The zero-order valence-electron chi connectivity index (χ0n) is 12.9. The van der Waals surface area contributed by atoms with Gasteiger partial charge in [0.2, 0.25) is 0 Å². The van der Waals surface area contributed by atoms with Crippen LogP contribution in [0.3, 0.4) is 0 Å². The maximum absolute atomic E-state index is 12.5. The van der Waals surface area contributed by atoms with E-state index in [4.69, 9.17) is 0 Å². The Labute approximate surface area is 126 Å². The molecule has 2 aliphatic rings. The van der Waals surface area contributed by atoms with Crippen molar-refractivity contribution in [2.75, 3.05) is 13.1 Å². The number of nitrogens with one attached hydrogen (secondary N) is 2. The lowest BCUT2D eigenvalue weighted by molar-refractivity contribution is -0.118. The van der Waals surface area contributed by atoms with E-state index >= 15 is 0 Å². The second-order valence-corrected chi connectivity index (χ2v) is 6.83. The number of allylic oxidation sites excluding steroid dienone is 1. The van der Waals surface area contributed by atoms with Crippen LogP contribution in [-0.4, -0.2) is 24.4 Å². The summed E-state index contributed by atoms with van der Waals surface area (Å²) in [6.45, 7) is 6.28. The molecule has 3 nitrogen and oxygen atoms in total. The first kappa shape index (κ1) is 14.3. The van der Waals surface area contributed by atoms with Gasteiger partial charge in [0, 0.05) is 28.8 Å². The molecule has 0 unspecified atom stereocenters. The van der Waals surface area contributed by atoms with Crippen LogP contribution in [0.2, 0.25) is 0 Å². The monoisotopic (exact) mass is 284 g/mol. The summed E-state index contributed by atoms with van der Waals surface area (Å²) < 4.78 is 0. The minimum Gasteiger partial charge on any atom is -0.379 e. The van der Waals surface area contributed by atoms with Crippen LogP contribution in [0.1, 0.15) is 37.8 Å². The zero-order valence-corrected chi connectivity index (χ0v) is 12.9. The van der Waals surface area contributed by atoms with Gasteiger partial charge in [-0.2, -0.15) is 0 Å². The molecule has 0 amide bonds. The van der Waals surface area contributed by atoms with E-state index < -0.39 is 0 Å². The highest BCUT2D eigenvalue weighted by Gasteiger charge is 2.28. The third-order valence-electron chi connectivity index (χ3n) is 4.44. The number of carbonyl (C=O) groups excluding carboxylic acids is 1. The Bertz CT molecular complexity index is 568. The van der Waals surface area contributed by atoms with E-state index in [0.717, 1.165) is 38.0 Å². The van der Waals surface area contributed by atoms with Crippen molar-refractivity contribution in [2.24, 2.45) is 5.92 Å². The van der Waals surface area contributed by atoms with Crippen molar-refractivity contribution in [1.29, 1.82) is 0 Å². The Hall–Kier alpha value is -1.61. The lowest BCUT2D eigenvalue weighted by atomic mass is 9.84. The van der Waals surface area contributed by atoms with Crippen molar-refractivity contribution >= 4 is 11.5 Å². The molecule has 0 radical (unpaired) electrons. The normalized spacial score (nSPS) is 23.4. The van der Waals surface area contributed by atoms with Crippen molar-refractivity contribution < 1.29 is 4.79 Å². The van der Waals surface area contributed by atoms with Gasteiger partial charge in [-0.15, -0.1) is 0 Å². The molecule has 1 aromatic carbocycles. The summed E-state index contributed by atoms with van der Waals surface area (Å²) in [6.07, 6.45) is 4.74. The van der Waals surface area contributed by atoms with Crippen LogP contribution in [0.4, 0.5) is 0 Å². The number of piperidine rings is 1. The summed E-state index contributed by atoms with van der Waals surface area (Å²) in [6, 6.07) is 8.40. The fourth-order valence-corrected chi connectivity index (χ4v) is 3.37. The smallest absolute Gasteiger partial charge is 0.160 e. The highest BCUT2D eigenvalue weighted by atomic mass is 16.1. The van der Waals surface area contributed by atoms with Crippen LogP contribution < -0.4 is 10.6 Å². The first-order chi connectivity index (χ1) is 10.1. The molecule has 2 N–H and O–H groups in total. The maximum Gasteiger partial charge on any atom is 0.160 e. The van der Waals surface area contributed by atoms with Crippen molar-refractivity contribution in [3.63, 3.8) is 0 Å². The largest absolute Gasteiger partial charge is 0.379 e. The Kier molecular flexibility index (Phi) is 3.85. The minimum atomic E-state index is -0.00537. The van der Waals surface area contributed by atoms with Gasteiger partial charge < -0.3 is 10.6 Å². The van der Waals surface area contributed by atoms with Gasteiger partial charge in [-0.1, -0.05) is 24.3 Å². The first-order valence-electron chi connectivity index (χ1n) is 7.88. The topological polar surface area (TPSA) is 41.1 Å². The number of fused-ring (bicyclic) bond motifs is 1. The Morgan fingerprint density at radius 1 is 1.24 bits per heavy atom. The molecule has 1 aromatic rings. The molecule has 21 heavy (non-hydrogen) atoms. The third-order valence-corrected chi connectivity index (χ3v) is 4.44. The van der Waals surface area contributed by atoms with Crippen LogP contribution in [0.15, 0.2) is 30.3 Å². The van der Waals surface area contributed by atoms with Gasteiger partial charge >= 0.3 is 0 Å². The van der Waals surface area contributed by atoms with Gasteiger partial charge in [0.25, 0.3) is 0 Å². The number of ketones is 1. The third kappa shape index (κ3) is 3.18. The fourth-order valence-electron chi connectivity index (χ4n) is 3.37. The molecule has 0 spiro atoms. The number of carbonyl (C=O) groups is 1. The van der Waals surface area contributed by atoms with Crippen molar-refractivity contribution in [2.45, 2.75) is 38.6 Å². The van der Waals surface area contributed by atoms with E-state index in [2.05, 4.69) is 42.7 Å². The summed E-state index contributed by atoms with van der Waals surface area (Å²) in [5.74, 6) is 0.448. The summed E-state index contributed by atoms with van der Waals surface area (Å²) in [5, 5.41) is 6.86. The molecule has 2 aliphatic heterocycles. The fraction of sp³-hybridized carbons (Fsp3) is 0.500. The molecule has 0 bridgehead atoms. The van der Waals surface area contributed by atoms with Gasteiger partial charge in [-0.3, -0.25) is 4.79 Å². The summed E-state index contributed by atoms with van der Waals surface area (Å²) in [4.78, 5) is 12.5. The van der Waals surface area contributed by atoms with E-state index in [1.54, 1.807) is 0 Å². The van der Waals surface area contributed by atoms with E-state index in [-0.39, 0.29) is 17.2 Å². The summed E-state index contributed by atoms with van der Waals surface area (Å²) in [5.41, 5.74) is 3.49. The number of rotatable bonds is 2. The number of hydrogen-bond donors (Lipinski definition) is 2. The van der Waals surface area contributed by atoms with Crippen LogP contribution in [0.25, 0.3) is 5.70 Å². The average molecular weight is 284 g/mol. The highest BCUT2D eigenvalue weighted by molar-refractivity contribution is 5.98. The van der Waals surface area contributed by atoms with Crippen molar-refractivity contribution in [3.05, 3.63) is 41.5 Å². The number of benzene rings is 1. The Balaban J connectivity index is 1.89. The van der Waals surface area contributed by atoms with Crippen molar-refractivity contribution in [1.82, 2.24) is 10.6 Å². The molecule has 3 rings (SSSR count). The quantitative estimate of drug-likeness (QED) is 0.820. The van der Waals surface area contributed by atoms with Gasteiger partial charge in [-0.05, 0) is 51.8 Å². The Morgan fingerprint density at radius 3 is 2.71 bits per heavy atom. The SMILES string of the molecule is CC1(C)Cc2ccccc2C(=CC(=O)C2CCNCC2)N1. The van der Waals surface area contributed by atoms with Crippen LogP contribution in [0.5, 0.6) is 0 Å². The Morgan fingerprint density at radius 2 is 1.95 bits per heavy atom. The minimum absolute atomic E-state index is 0.00537. The molecular weight excluding hydrogens is 260 g/mol. The lowest BCUT2D eigenvalue weighted by Gasteiger charge is -2.35. The zero-order chi connectivity index (χ0) is 14.9. The second kappa shape index (κ2) is 5.64. The summed E-state index contributed by atoms with van der Waals surface area (Å²) >= 11 is 0. The standard InChI is InChI=1S/C18H24N2O/c1-18(2)12-14-5-3-4-6-15(14)16(20-18)11-17(21)13-7-9-19-10-8-13/h3-6,11,13,19-20H,7-10,12H2,1-2H3. The van der Waals surface area contributed by atoms with E-state index in [1.165, 1.54) is 11.1 Å². The van der Waals surface area contributed by atoms with E-state index in [9.17, 15) is 4.79 Å². The average Bonchev–Trinajstić information content (AvgIpc) is 2.47. The highest BCUT2D eigenvalue weighted by Crippen LogP contribution is 2.30. The van der Waals surface area contributed by atoms with Crippen molar-refractivity contribution in [3.8, 4) is 0 Å². The number of hydrogen-bond acceptors (Lipinski definition) is 3. The second-order valence-electron chi connectivity index (χ2n) is 6.83. The molecular formula is C18H24N2O. The van der Waals surface area contributed by atoms with E-state index in [1.807, 2.05) is 12.1 Å². The van der Waals surface area contributed by atoms with Gasteiger partial charge in [0.15, 0.2) is 5.78 Å². The molecule has 0 aliphatic carbocycles. The molecule has 1 saturated heterocycles. The van der Waals surface area contributed by atoms with Gasteiger partial charge in [0.05, 0.1) is 0 Å². The predicted octanol–water partition coefficient (Wildman–Crippen LogP) is 2.52. The van der Waals surface area contributed by atoms with Gasteiger partial charge in [0.1, 0.15) is 0 Å². The molecule has 0 aromatic heterocycles. The molecule has 2 heterocycles. The molecule has 0 saturated carbocycles. The molecule has 0 atom stereocenters. The van der Waals surface area contributed by atoms with Gasteiger partial charge in [-0.25, -0.2) is 0 Å². The van der Waals surface area contributed by atoms with E-state index in [0.29, 0.717) is 0 Å². The van der Waals surface area contributed by atoms with Crippen LogP contribution >= 0.6 is 0 Å². The maximum atomic E-state index is 12.5. The predicted molar refractivity (Wildman–Crippen MR) is 85.9 cm³/mol. The summed E-state index contributed by atoms with van der Waals surface area (Å²) in [7, 11) is 0. The molecule has 3 heteroatoms.